The molecule has 0 aromatic heterocycles. The quantitative estimate of drug-likeness (QED) is 0.735. The van der Waals surface area contributed by atoms with Crippen LogP contribution >= 0.6 is 0 Å². The van der Waals surface area contributed by atoms with Gasteiger partial charge in [-0.3, -0.25) is 0 Å². The van der Waals surface area contributed by atoms with Gasteiger partial charge < -0.3 is 0 Å². The van der Waals surface area contributed by atoms with E-state index in [4.69, 9.17) is 10.5 Å². The topological polar surface area (TPSA) is 47.6 Å². The maximum atomic E-state index is 8.99. The fourth-order valence-electron chi connectivity index (χ4n) is 1.85. The van der Waals surface area contributed by atoms with Gasteiger partial charge in [0.1, 0.15) is 12.1 Å². The van der Waals surface area contributed by atoms with Crippen LogP contribution in [0.3, 0.4) is 0 Å². The molecule has 0 fully saturated rings. The molecule has 1 rings (SSSR count). The Bertz CT molecular complexity index is 523. The largest absolute Gasteiger partial charge is 0.192 e. The Kier molecular flexibility index (Phi) is 5.15. The number of benzene rings is 1. The second-order valence-corrected chi connectivity index (χ2v) is 4.79. The second-order valence-electron chi connectivity index (χ2n) is 4.79. The van der Waals surface area contributed by atoms with Crippen LogP contribution in [0, 0.1) is 22.7 Å². The first kappa shape index (κ1) is 14.0. The van der Waals surface area contributed by atoms with Crippen LogP contribution in [0.2, 0.25) is 0 Å². The van der Waals surface area contributed by atoms with Crippen LogP contribution in [0.1, 0.15) is 56.2 Å². The zero-order chi connectivity index (χ0) is 13.5. The highest BCUT2D eigenvalue weighted by Gasteiger charge is 2.08. The van der Waals surface area contributed by atoms with Crippen molar-refractivity contribution in [3.8, 4) is 12.1 Å². The van der Waals surface area contributed by atoms with Crippen molar-refractivity contribution >= 4 is 0 Å². The summed E-state index contributed by atoms with van der Waals surface area (Å²) >= 11 is 0. The molecule has 1 aromatic rings. The minimum atomic E-state index is 0.403. The van der Waals surface area contributed by atoms with Crippen molar-refractivity contribution in [2.45, 2.75) is 39.5 Å². The van der Waals surface area contributed by atoms with Crippen LogP contribution < -0.4 is 0 Å². The average Bonchev–Trinajstić information content (AvgIpc) is 2.37. The standard InChI is InChI=1S/C16H18N2/c1-12(2)5-4-6-13(3)14-7-8-15(10-17)16(9-14)11-18/h5,7-9,13H,4,6H2,1-3H3/t13-/m1/s1. The highest BCUT2D eigenvalue weighted by molar-refractivity contribution is 5.47. The van der Waals surface area contributed by atoms with Crippen molar-refractivity contribution in [3.63, 3.8) is 0 Å². The molecule has 1 atom stereocenters. The lowest BCUT2D eigenvalue weighted by atomic mass is 9.93. The Morgan fingerprint density at radius 1 is 1.22 bits per heavy atom. The maximum absolute atomic E-state index is 8.99. The van der Waals surface area contributed by atoms with Gasteiger partial charge >= 0.3 is 0 Å². The third-order valence-electron chi connectivity index (χ3n) is 3.01. The van der Waals surface area contributed by atoms with E-state index in [2.05, 4.69) is 32.9 Å². The van der Waals surface area contributed by atoms with Gasteiger partial charge in [0, 0.05) is 0 Å². The fourth-order valence-corrected chi connectivity index (χ4v) is 1.85. The molecule has 18 heavy (non-hydrogen) atoms. The van der Waals surface area contributed by atoms with Gasteiger partial charge in [-0.05, 0) is 50.3 Å². The number of hydrogen-bond acceptors (Lipinski definition) is 2. The van der Waals surface area contributed by atoms with Crippen LogP contribution in [0.15, 0.2) is 29.8 Å². The molecule has 0 N–H and O–H groups in total. The van der Waals surface area contributed by atoms with E-state index >= 15 is 0 Å². The number of nitrogens with zero attached hydrogens (tertiary/aromatic N) is 2. The predicted octanol–water partition coefficient (Wildman–Crippen LogP) is 4.28. The highest BCUT2D eigenvalue weighted by Crippen LogP contribution is 2.23. The summed E-state index contributed by atoms with van der Waals surface area (Å²) in [5.74, 6) is 0.403. The summed E-state index contributed by atoms with van der Waals surface area (Å²) in [7, 11) is 0. The van der Waals surface area contributed by atoms with Gasteiger partial charge in [-0.15, -0.1) is 0 Å². The third-order valence-corrected chi connectivity index (χ3v) is 3.01. The number of nitriles is 2. The molecule has 0 spiro atoms. The lowest BCUT2D eigenvalue weighted by Crippen LogP contribution is -1.95. The first-order valence-corrected chi connectivity index (χ1v) is 6.16. The molecule has 92 valence electrons. The van der Waals surface area contributed by atoms with Gasteiger partial charge in [0.25, 0.3) is 0 Å². The highest BCUT2D eigenvalue weighted by atomic mass is 14.3. The number of allylic oxidation sites excluding steroid dienone is 2. The van der Waals surface area contributed by atoms with Gasteiger partial charge in [-0.2, -0.15) is 10.5 Å². The Morgan fingerprint density at radius 3 is 2.44 bits per heavy atom. The zero-order valence-corrected chi connectivity index (χ0v) is 11.2. The fraction of sp³-hybridized carbons (Fsp3) is 0.375. The first-order valence-electron chi connectivity index (χ1n) is 6.16. The molecular weight excluding hydrogens is 220 g/mol. The van der Waals surface area contributed by atoms with E-state index in [1.54, 1.807) is 6.07 Å². The molecule has 0 heterocycles. The molecule has 0 aliphatic heterocycles. The minimum Gasteiger partial charge on any atom is -0.192 e. The lowest BCUT2D eigenvalue weighted by Gasteiger charge is -2.11. The van der Waals surface area contributed by atoms with E-state index in [0.717, 1.165) is 18.4 Å². The summed E-state index contributed by atoms with van der Waals surface area (Å²) in [6.07, 6.45) is 4.33. The molecule has 0 aliphatic rings. The predicted molar refractivity (Wildman–Crippen MR) is 73.0 cm³/mol. The van der Waals surface area contributed by atoms with Crippen LogP contribution in [0.4, 0.5) is 0 Å². The van der Waals surface area contributed by atoms with Crippen LogP contribution in [0.5, 0.6) is 0 Å². The van der Waals surface area contributed by atoms with Crippen molar-refractivity contribution in [1.82, 2.24) is 0 Å². The zero-order valence-electron chi connectivity index (χ0n) is 11.2. The molecule has 1 aromatic carbocycles. The average molecular weight is 238 g/mol. The Hall–Kier alpha value is -2.06. The van der Waals surface area contributed by atoms with Gasteiger partial charge in [0.15, 0.2) is 0 Å². The van der Waals surface area contributed by atoms with E-state index in [-0.39, 0.29) is 0 Å². The first-order chi connectivity index (χ1) is 8.58. The minimum absolute atomic E-state index is 0.403. The monoisotopic (exact) mass is 238 g/mol. The van der Waals surface area contributed by atoms with Crippen molar-refractivity contribution in [2.75, 3.05) is 0 Å². The summed E-state index contributed by atoms with van der Waals surface area (Å²) in [5, 5.41) is 17.9. The van der Waals surface area contributed by atoms with E-state index in [1.165, 1.54) is 5.57 Å². The van der Waals surface area contributed by atoms with Gasteiger partial charge in [0.05, 0.1) is 11.1 Å². The van der Waals surface area contributed by atoms with Crippen LogP contribution in [-0.2, 0) is 0 Å². The van der Waals surface area contributed by atoms with Gasteiger partial charge in [-0.1, -0.05) is 24.6 Å². The molecular formula is C16H18N2. The van der Waals surface area contributed by atoms with Crippen molar-refractivity contribution in [2.24, 2.45) is 0 Å². The lowest BCUT2D eigenvalue weighted by molar-refractivity contribution is 0.688. The van der Waals surface area contributed by atoms with E-state index in [9.17, 15) is 0 Å². The van der Waals surface area contributed by atoms with Crippen LogP contribution in [-0.4, -0.2) is 0 Å². The molecule has 0 radical (unpaired) electrons. The number of rotatable bonds is 4. The second kappa shape index (κ2) is 6.62. The van der Waals surface area contributed by atoms with Gasteiger partial charge in [-0.25, -0.2) is 0 Å². The Balaban J connectivity index is 2.82. The van der Waals surface area contributed by atoms with E-state index < -0.39 is 0 Å². The van der Waals surface area contributed by atoms with E-state index in [0.29, 0.717) is 17.0 Å². The third kappa shape index (κ3) is 3.75. The SMILES string of the molecule is CC(C)=CCC[C@@H](C)c1ccc(C#N)c(C#N)c1. The molecule has 2 nitrogen and oxygen atoms in total. The molecule has 0 unspecified atom stereocenters. The Labute approximate surface area is 109 Å². The van der Waals surface area contributed by atoms with Crippen molar-refractivity contribution in [1.29, 1.82) is 10.5 Å². The summed E-state index contributed by atoms with van der Waals surface area (Å²) in [5.41, 5.74) is 3.40. The normalized spacial score (nSPS) is 11.2. The molecule has 0 aliphatic carbocycles. The van der Waals surface area contributed by atoms with Gasteiger partial charge in [0.2, 0.25) is 0 Å². The molecule has 0 saturated heterocycles. The van der Waals surface area contributed by atoms with Crippen LogP contribution in [0.25, 0.3) is 0 Å². The summed E-state index contributed by atoms with van der Waals surface area (Å²) < 4.78 is 0. The number of hydrogen-bond donors (Lipinski definition) is 0. The molecule has 0 bridgehead atoms. The van der Waals surface area contributed by atoms with Crippen molar-refractivity contribution in [3.05, 3.63) is 46.5 Å². The summed E-state index contributed by atoms with van der Waals surface area (Å²) in [6, 6.07) is 9.65. The summed E-state index contributed by atoms with van der Waals surface area (Å²) in [6.45, 7) is 6.35. The Morgan fingerprint density at radius 2 is 1.89 bits per heavy atom. The summed E-state index contributed by atoms with van der Waals surface area (Å²) in [4.78, 5) is 0. The smallest absolute Gasteiger partial charge is 0.101 e. The molecule has 0 saturated carbocycles. The molecule has 2 heteroatoms. The maximum Gasteiger partial charge on any atom is 0.101 e. The molecule has 0 amide bonds. The van der Waals surface area contributed by atoms with E-state index in [1.807, 2.05) is 18.2 Å². The van der Waals surface area contributed by atoms with Crippen molar-refractivity contribution < 1.29 is 0 Å².